The van der Waals surface area contributed by atoms with Crippen molar-refractivity contribution in [2.75, 3.05) is 18.8 Å². The molecule has 1 aromatic rings. The van der Waals surface area contributed by atoms with Crippen LogP contribution in [0, 0.1) is 17.8 Å². The lowest BCUT2D eigenvalue weighted by Crippen LogP contribution is -2.62. The SMILES string of the molecule is CC(C)C[C@H](NC(=O)[C@@H](N)C(C)C)C(=O)N[C@H](C(=O)N[C@@H](CC(C)C)C(=O)N[C@@H](CCC(=O)O)C(=O)N[C@@H](CC(N)=O)C(=O)N[C@@H](CS)C(=O)N[C@@H](CCCCN)C(=O)N[C@@H](CCC(N)=O)C(=O)N[C@@H](C)C(=O)N[C@@H](CC(N)=O)C(=O)N[C@@H](CCCCN)C(=O)N[C@@H](Cc1cnc[nH]1)C(=O)O)[C@@H](C)O. The monoisotopic (exact) mass is 1500 g/mol. The van der Waals surface area contributed by atoms with Crippen molar-refractivity contribution in [1.82, 2.24) is 73.8 Å². The minimum Gasteiger partial charge on any atom is -0.481 e. The Kier molecular flexibility index (Phi) is 42.3. The molecule has 104 heavy (non-hydrogen) atoms. The number of imidazole rings is 1. The van der Waals surface area contributed by atoms with Crippen LogP contribution in [0.5, 0.6) is 0 Å². The Labute approximate surface area is 607 Å². The van der Waals surface area contributed by atoms with Crippen LogP contribution in [-0.4, -0.2) is 229 Å². The quantitative estimate of drug-likeness (QED) is 0.0213. The highest BCUT2D eigenvalue weighted by Gasteiger charge is 2.39. The number of carbonyl (C=O) groups excluding carboxylic acids is 15. The van der Waals surface area contributed by atoms with Gasteiger partial charge < -0.3 is 119 Å². The molecule has 0 bridgehead atoms. The molecule has 41 heteroatoms. The third kappa shape index (κ3) is 35.5. The number of primary amides is 3. The number of hydrogen-bond donors (Lipinski definition) is 23. The molecule has 14 atom stereocenters. The first-order chi connectivity index (χ1) is 48.7. The molecule has 586 valence electrons. The van der Waals surface area contributed by atoms with Crippen LogP contribution in [0.15, 0.2) is 12.5 Å². The number of carbonyl (C=O) groups is 17. The zero-order valence-corrected chi connectivity index (χ0v) is 60.7. The van der Waals surface area contributed by atoms with Crippen LogP contribution in [0.2, 0.25) is 0 Å². The Balaban J connectivity index is 3.52. The number of aromatic amines is 1. The maximum absolute atomic E-state index is 14.2. The van der Waals surface area contributed by atoms with E-state index < -0.39 is 229 Å². The van der Waals surface area contributed by atoms with Crippen LogP contribution in [0.4, 0.5) is 0 Å². The first-order valence-electron chi connectivity index (χ1n) is 34.0. The molecule has 0 radical (unpaired) electrons. The summed E-state index contributed by atoms with van der Waals surface area (Å²) in [5.41, 5.74) is 34.0. The van der Waals surface area contributed by atoms with Crippen molar-refractivity contribution >= 4 is 113 Å². The maximum atomic E-state index is 14.2. The molecule has 28 N–H and O–H groups in total. The van der Waals surface area contributed by atoms with Crippen molar-refractivity contribution < 1.29 is 96.8 Å². The Bertz CT molecular complexity index is 3090. The number of rotatable bonds is 52. The summed E-state index contributed by atoms with van der Waals surface area (Å²) in [7, 11) is 0. The Hall–Kier alpha value is -9.61. The van der Waals surface area contributed by atoms with Crippen LogP contribution >= 0.6 is 12.6 Å². The van der Waals surface area contributed by atoms with E-state index in [1.807, 2.05) is 0 Å². The molecule has 1 heterocycles. The molecule has 0 aromatic carbocycles. The number of aliphatic carboxylic acids is 2. The van der Waals surface area contributed by atoms with Crippen LogP contribution in [-0.2, 0) is 87.9 Å². The number of thiol groups is 1. The summed E-state index contributed by atoms with van der Waals surface area (Å²) in [5, 5.41) is 58.8. The van der Waals surface area contributed by atoms with Crippen molar-refractivity contribution in [2.45, 2.75) is 236 Å². The van der Waals surface area contributed by atoms with Gasteiger partial charge in [-0.05, 0) is 109 Å². The Morgan fingerprint density at radius 3 is 1.19 bits per heavy atom. The van der Waals surface area contributed by atoms with Crippen LogP contribution in [0.25, 0.3) is 0 Å². The van der Waals surface area contributed by atoms with Gasteiger partial charge in [-0.1, -0.05) is 41.5 Å². The average Bonchev–Trinajstić information content (AvgIpc) is 1.35. The highest BCUT2D eigenvalue weighted by molar-refractivity contribution is 7.80. The summed E-state index contributed by atoms with van der Waals surface area (Å²) >= 11 is 4.18. The van der Waals surface area contributed by atoms with Gasteiger partial charge in [0, 0.05) is 36.9 Å². The molecule has 0 fully saturated rings. The standard InChI is InChI=1S/C63H108N20O20S/c1-29(2)21-39(80-62(101)50(33(8)84)83-59(98)40(22-30(3)4)79-61(100)49(69)31(5)6)56(95)76-38(16-18-48(88)89)55(94)78-42(25-47(68)87)58(97)82-44(27-104)60(99)74-35(13-9-11-19-64)53(92)75-37(15-17-45(66)85)52(91)72-32(7)51(90)77-41(24-46(67)86)57(96)73-36(14-10-12-20-65)54(93)81-43(63(102)103)23-34-26-70-28-71-34/h26,28-33,35-44,49-50,84,104H,9-25,27,64-65,69H2,1-8H3,(H2,66,85)(H2,67,86)(H2,68,87)(H,70,71)(H,72,91)(H,73,96)(H,74,99)(H,75,92)(H,76,95)(H,77,90)(H,78,94)(H,79,100)(H,80,101)(H,81,93)(H,82,97)(H,83,98)(H,88,89)(H,102,103)/t32-,33+,35-,36-,37-,38-,39-,40-,41-,42-,43-,44-,49-,50-/m0/s1. The maximum Gasteiger partial charge on any atom is 0.326 e. The van der Waals surface area contributed by atoms with E-state index in [-0.39, 0.29) is 82.2 Å². The lowest BCUT2D eigenvalue weighted by molar-refractivity contribution is -0.142. The van der Waals surface area contributed by atoms with Crippen LogP contribution in [0.3, 0.4) is 0 Å². The number of hydrogen-bond acceptors (Lipinski definition) is 23. The van der Waals surface area contributed by atoms with E-state index in [0.29, 0.717) is 12.1 Å². The minimum atomic E-state index is -1.98. The molecule has 0 aliphatic carbocycles. The molecular formula is C63H108N20O20S. The predicted molar refractivity (Wildman–Crippen MR) is 375 cm³/mol. The number of H-pyrrole nitrogens is 1. The van der Waals surface area contributed by atoms with Gasteiger partial charge in [0.1, 0.15) is 72.5 Å². The Morgan fingerprint density at radius 1 is 0.442 bits per heavy atom. The fraction of sp³-hybridized carbons (Fsp3) is 0.683. The summed E-state index contributed by atoms with van der Waals surface area (Å²) in [5.74, 6) is -20.4. The fourth-order valence-corrected chi connectivity index (χ4v) is 10.2. The van der Waals surface area contributed by atoms with Gasteiger partial charge in [-0.25, -0.2) is 9.78 Å². The number of nitrogens with two attached hydrogens (primary N) is 6. The van der Waals surface area contributed by atoms with Crippen molar-refractivity contribution in [3.63, 3.8) is 0 Å². The van der Waals surface area contributed by atoms with Crippen molar-refractivity contribution in [1.29, 1.82) is 0 Å². The van der Waals surface area contributed by atoms with Gasteiger partial charge in [0.2, 0.25) is 88.6 Å². The number of amides is 15. The molecule has 15 amide bonds. The molecule has 0 unspecified atom stereocenters. The number of carboxylic acid groups (broad SMARTS) is 2. The first kappa shape index (κ1) is 92.4. The van der Waals surface area contributed by atoms with Gasteiger partial charge >= 0.3 is 11.9 Å². The molecule has 0 saturated carbocycles. The van der Waals surface area contributed by atoms with Gasteiger partial charge in [-0.2, -0.15) is 12.6 Å². The van der Waals surface area contributed by atoms with Crippen LogP contribution in [0.1, 0.15) is 151 Å². The lowest BCUT2D eigenvalue weighted by Gasteiger charge is -2.29. The van der Waals surface area contributed by atoms with Crippen LogP contribution < -0.4 is 98.2 Å². The summed E-state index contributed by atoms with van der Waals surface area (Å²) < 4.78 is 0. The summed E-state index contributed by atoms with van der Waals surface area (Å²) in [6.07, 6.45) is -2.85. The molecule has 0 aliphatic rings. The van der Waals surface area contributed by atoms with E-state index in [1.54, 1.807) is 41.5 Å². The summed E-state index contributed by atoms with van der Waals surface area (Å²) in [6.45, 7) is 12.8. The van der Waals surface area contributed by atoms with Gasteiger partial charge in [0.05, 0.1) is 31.3 Å². The topological polar surface area (TPSA) is 680 Å². The molecular weight excluding hydrogens is 1390 g/mol. The fourth-order valence-electron chi connectivity index (χ4n) is 9.93. The van der Waals surface area contributed by atoms with Gasteiger partial charge in [0.15, 0.2) is 0 Å². The highest BCUT2D eigenvalue weighted by Crippen LogP contribution is 2.14. The molecule has 1 rings (SSSR count). The summed E-state index contributed by atoms with van der Waals surface area (Å²) in [4.78, 5) is 234. The molecule has 0 spiro atoms. The second-order valence-electron chi connectivity index (χ2n) is 26.2. The van der Waals surface area contributed by atoms with Gasteiger partial charge in [-0.3, -0.25) is 76.7 Å². The van der Waals surface area contributed by atoms with E-state index in [4.69, 9.17) is 34.4 Å². The van der Waals surface area contributed by atoms with Crippen molar-refractivity contribution in [3.8, 4) is 0 Å². The lowest BCUT2D eigenvalue weighted by atomic mass is 9.99. The largest absolute Gasteiger partial charge is 0.481 e. The molecule has 0 saturated heterocycles. The minimum absolute atomic E-state index is 0.0834. The number of nitrogens with one attached hydrogen (secondary N) is 13. The average molecular weight is 1500 g/mol. The van der Waals surface area contributed by atoms with Crippen molar-refractivity contribution in [2.24, 2.45) is 52.2 Å². The normalized spacial score (nSPS) is 15.3. The molecule has 40 nitrogen and oxygen atoms in total. The number of nitrogens with zero attached hydrogens (tertiary/aromatic N) is 1. The second kappa shape index (κ2) is 47.6. The number of aromatic nitrogens is 2. The van der Waals surface area contributed by atoms with Gasteiger partial charge in [0.25, 0.3) is 0 Å². The molecule has 0 aliphatic heterocycles. The van der Waals surface area contributed by atoms with E-state index in [0.717, 1.165) is 6.92 Å². The van der Waals surface area contributed by atoms with E-state index >= 15 is 0 Å². The van der Waals surface area contributed by atoms with E-state index in [2.05, 4.69) is 86.4 Å². The smallest absolute Gasteiger partial charge is 0.326 e. The number of unbranched alkanes of at least 4 members (excludes halogenated alkanes) is 2. The number of aliphatic hydroxyl groups is 1. The second-order valence-corrected chi connectivity index (χ2v) is 26.6. The predicted octanol–water partition coefficient (Wildman–Crippen LogP) is -7.60. The van der Waals surface area contributed by atoms with Crippen molar-refractivity contribution in [3.05, 3.63) is 18.2 Å². The third-order valence-electron chi connectivity index (χ3n) is 15.8. The number of carboxylic acids is 2. The highest BCUT2D eigenvalue weighted by atomic mass is 32.1. The third-order valence-corrected chi connectivity index (χ3v) is 16.1. The summed E-state index contributed by atoms with van der Waals surface area (Å²) in [6, 6.07) is -20.7. The van der Waals surface area contributed by atoms with E-state index in [9.17, 15) is 96.8 Å². The van der Waals surface area contributed by atoms with Gasteiger partial charge in [-0.15, -0.1) is 0 Å². The molecule has 1 aromatic heterocycles. The first-order valence-corrected chi connectivity index (χ1v) is 34.7. The zero-order chi connectivity index (χ0) is 79.2. The Morgan fingerprint density at radius 2 is 0.808 bits per heavy atom. The number of aliphatic hydroxyl groups excluding tert-OH is 1. The van der Waals surface area contributed by atoms with E-state index in [1.165, 1.54) is 19.4 Å². The zero-order valence-electron chi connectivity index (χ0n) is 59.8.